The molecule has 0 bridgehead atoms. The first-order valence-corrected chi connectivity index (χ1v) is 11.9. The molecule has 0 N–H and O–H groups in total. The highest BCUT2D eigenvalue weighted by atomic mass is 32.2. The predicted octanol–water partition coefficient (Wildman–Crippen LogP) is 4.40. The van der Waals surface area contributed by atoms with Crippen molar-refractivity contribution in [2.45, 2.75) is 18.4 Å². The largest absolute Gasteiger partial charge is 0.493 e. The van der Waals surface area contributed by atoms with Crippen molar-refractivity contribution in [2.75, 3.05) is 30.9 Å². The summed E-state index contributed by atoms with van der Waals surface area (Å²) in [5, 5.41) is 2.64. The SMILES string of the molecule is CCOc1ccc(-c2nc(COC(=O)CN3C(=O)CSc4ccccc43)cs2)cc1OC. The van der Waals surface area contributed by atoms with Crippen LogP contribution in [0.4, 0.5) is 5.69 Å². The van der Waals surface area contributed by atoms with Gasteiger partial charge in [0.2, 0.25) is 5.91 Å². The summed E-state index contributed by atoms with van der Waals surface area (Å²) in [6, 6.07) is 13.2. The highest BCUT2D eigenvalue weighted by Gasteiger charge is 2.26. The quantitative estimate of drug-likeness (QED) is 0.452. The van der Waals surface area contributed by atoms with E-state index in [9.17, 15) is 9.59 Å². The predicted molar refractivity (Wildman–Crippen MR) is 125 cm³/mol. The number of carbonyl (C=O) groups excluding carboxylic acids is 2. The van der Waals surface area contributed by atoms with Crippen LogP contribution in [0.2, 0.25) is 0 Å². The molecule has 2 heterocycles. The molecule has 0 spiro atoms. The van der Waals surface area contributed by atoms with E-state index in [0.717, 1.165) is 21.2 Å². The molecule has 0 saturated carbocycles. The molecular weight excluding hydrogens is 448 g/mol. The van der Waals surface area contributed by atoms with Crippen LogP contribution in [0.5, 0.6) is 11.5 Å². The van der Waals surface area contributed by atoms with Gasteiger partial charge in [-0.25, -0.2) is 4.98 Å². The van der Waals surface area contributed by atoms with E-state index in [0.29, 0.717) is 29.6 Å². The lowest BCUT2D eigenvalue weighted by atomic mass is 10.2. The summed E-state index contributed by atoms with van der Waals surface area (Å²) in [6.45, 7) is 2.39. The van der Waals surface area contributed by atoms with Gasteiger partial charge in [0.1, 0.15) is 18.2 Å². The van der Waals surface area contributed by atoms with Gasteiger partial charge in [0.15, 0.2) is 11.5 Å². The third-order valence-electron chi connectivity index (χ3n) is 4.74. The molecule has 0 saturated heterocycles. The van der Waals surface area contributed by atoms with Crippen molar-refractivity contribution in [1.29, 1.82) is 0 Å². The lowest BCUT2D eigenvalue weighted by Gasteiger charge is -2.27. The molecule has 0 atom stereocenters. The van der Waals surface area contributed by atoms with Crippen molar-refractivity contribution in [2.24, 2.45) is 0 Å². The fourth-order valence-corrected chi connectivity index (χ4v) is 4.97. The van der Waals surface area contributed by atoms with Crippen LogP contribution in [0.15, 0.2) is 52.7 Å². The highest BCUT2D eigenvalue weighted by Crippen LogP contribution is 2.35. The molecule has 0 aliphatic carbocycles. The zero-order valence-electron chi connectivity index (χ0n) is 17.7. The molecule has 1 aliphatic heterocycles. The summed E-state index contributed by atoms with van der Waals surface area (Å²) >= 11 is 2.93. The number of thioether (sulfide) groups is 1. The Morgan fingerprint density at radius 1 is 1.19 bits per heavy atom. The summed E-state index contributed by atoms with van der Waals surface area (Å²) in [4.78, 5) is 31.8. The topological polar surface area (TPSA) is 78.0 Å². The number of nitrogens with zero attached hydrogens (tertiary/aromatic N) is 2. The number of hydrogen-bond donors (Lipinski definition) is 0. The van der Waals surface area contributed by atoms with E-state index in [1.54, 1.807) is 7.11 Å². The van der Waals surface area contributed by atoms with Gasteiger partial charge in [-0.3, -0.25) is 14.5 Å². The number of hydrogen-bond acceptors (Lipinski definition) is 8. The van der Waals surface area contributed by atoms with E-state index in [2.05, 4.69) is 4.98 Å². The van der Waals surface area contributed by atoms with Gasteiger partial charge in [0.05, 0.1) is 30.9 Å². The van der Waals surface area contributed by atoms with Crippen LogP contribution in [-0.2, 0) is 20.9 Å². The van der Waals surface area contributed by atoms with Gasteiger partial charge in [-0.15, -0.1) is 23.1 Å². The van der Waals surface area contributed by atoms with E-state index in [1.165, 1.54) is 28.0 Å². The molecule has 3 aromatic rings. The maximum absolute atomic E-state index is 12.4. The third-order valence-corrected chi connectivity index (χ3v) is 6.73. The van der Waals surface area contributed by atoms with E-state index < -0.39 is 5.97 Å². The first-order valence-electron chi connectivity index (χ1n) is 10.0. The Labute approximate surface area is 194 Å². The zero-order valence-corrected chi connectivity index (χ0v) is 19.3. The minimum Gasteiger partial charge on any atom is -0.493 e. The van der Waals surface area contributed by atoms with Crippen LogP contribution in [0.1, 0.15) is 12.6 Å². The molecule has 0 fully saturated rings. The second-order valence-electron chi connectivity index (χ2n) is 6.84. The number of carbonyl (C=O) groups is 2. The summed E-state index contributed by atoms with van der Waals surface area (Å²) in [7, 11) is 1.60. The van der Waals surface area contributed by atoms with Crippen LogP contribution in [0.25, 0.3) is 10.6 Å². The molecule has 1 aromatic heterocycles. The zero-order chi connectivity index (χ0) is 22.5. The summed E-state index contributed by atoms with van der Waals surface area (Å²) in [5.74, 6) is 1.04. The first-order chi connectivity index (χ1) is 15.6. The molecule has 0 radical (unpaired) electrons. The van der Waals surface area contributed by atoms with Crippen molar-refractivity contribution in [1.82, 2.24) is 4.98 Å². The van der Waals surface area contributed by atoms with Crippen molar-refractivity contribution in [3.8, 4) is 22.1 Å². The molecule has 2 aromatic carbocycles. The minimum absolute atomic E-state index is 0.0436. The van der Waals surface area contributed by atoms with Crippen LogP contribution in [0, 0.1) is 0 Å². The fourth-order valence-electron chi connectivity index (χ4n) is 3.24. The Kier molecular flexibility index (Phi) is 6.96. The Morgan fingerprint density at radius 3 is 2.84 bits per heavy atom. The fraction of sp³-hybridized carbons (Fsp3) is 0.261. The lowest BCUT2D eigenvalue weighted by molar-refractivity contribution is -0.144. The molecule has 32 heavy (non-hydrogen) atoms. The number of amides is 1. The molecule has 7 nitrogen and oxygen atoms in total. The number of rotatable bonds is 8. The number of anilines is 1. The number of para-hydroxylation sites is 1. The number of benzene rings is 2. The van der Waals surface area contributed by atoms with Crippen LogP contribution >= 0.6 is 23.1 Å². The van der Waals surface area contributed by atoms with Crippen LogP contribution in [0.3, 0.4) is 0 Å². The Balaban J connectivity index is 1.39. The van der Waals surface area contributed by atoms with Gasteiger partial charge in [-0.1, -0.05) is 12.1 Å². The van der Waals surface area contributed by atoms with Gasteiger partial charge < -0.3 is 14.2 Å². The number of aromatic nitrogens is 1. The molecule has 1 aliphatic rings. The maximum Gasteiger partial charge on any atom is 0.326 e. The molecule has 166 valence electrons. The lowest BCUT2D eigenvalue weighted by Crippen LogP contribution is -2.39. The summed E-state index contributed by atoms with van der Waals surface area (Å²) in [5.41, 5.74) is 2.28. The van der Waals surface area contributed by atoms with Gasteiger partial charge in [-0.05, 0) is 37.3 Å². The number of ether oxygens (including phenoxy) is 3. The molecule has 9 heteroatoms. The second-order valence-corrected chi connectivity index (χ2v) is 8.71. The Bertz CT molecular complexity index is 1130. The number of fused-ring (bicyclic) bond motifs is 1. The van der Waals surface area contributed by atoms with E-state index >= 15 is 0 Å². The number of methoxy groups -OCH3 is 1. The maximum atomic E-state index is 12.4. The highest BCUT2D eigenvalue weighted by molar-refractivity contribution is 8.00. The average Bonchev–Trinajstić information content (AvgIpc) is 3.29. The van der Waals surface area contributed by atoms with Gasteiger partial charge >= 0.3 is 5.97 Å². The van der Waals surface area contributed by atoms with Crippen molar-refractivity contribution in [3.05, 3.63) is 53.5 Å². The Hall–Kier alpha value is -3.04. The van der Waals surface area contributed by atoms with Crippen molar-refractivity contribution in [3.63, 3.8) is 0 Å². The number of esters is 1. The van der Waals surface area contributed by atoms with E-state index in [-0.39, 0.29) is 19.1 Å². The first kappa shape index (κ1) is 22.2. The second kappa shape index (κ2) is 10.1. The average molecular weight is 471 g/mol. The molecule has 0 unspecified atom stereocenters. The van der Waals surface area contributed by atoms with Gasteiger partial charge in [0, 0.05) is 15.8 Å². The molecule has 1 amide bonds. The van der Waals surface area contributed by atoms with Crippen molar-refractivity contribution < 1.29 is 23.8 Å². The Morgan fingerprint density at radius 2 is 2.03 bits per heavy atom. The van der Waals surface area contributed by atoms with E-state index in [4.69, 9.17) is 14.2 Å². The summed E-state index contributed by atoms with van der Waals surface area (Å²) in [6.07, 6.45) is 0. The number of thiazole rings is 1. The minimum atomic E-state index is -0.475. The van der Waals surface area contributed by atoms with Crippen molar-refractivity contribution >= 4 is 40.7 Å². The van der Waals surface area contributed by atoms with Crippen LogP contribution < -0.4 is 14.4 Å². The normalized spacial score (nSPS) is 12.9. The van der Waals surface area contributed by atoms with E-state index in [1.807, 2.05) is 54.8 Å². The van der Waals surface area contributed by atoms with Crippen LogP contribution in [-0.4, -0.2) is 42.9 Å². The van der Waals surface area contributed by atoms with Gasteiger partial charge in [-0.2, -0.15) is 0 Å². The standard InChI is InChI=1S/C23H22N2O5S2/c1-3-29-18-9-8-15(10-19(18)28-2)23-24-16(13-32-23)12-30-22(27)11-25-17-6-4-5-7-20(17)31-14-21(25)26/h4-10,13H,3,11-12,14H2,1-2H3. The molecule has 4 rings (SSSR count). The smallest absolute Gasteiger partial charge is 0.326 e. The summed E-state index contributed by atoms with van der Waals surface area (Å²) < 4.78 is 16.4. The van der Waals surface area contributed by atoms with Gasteiger partial charge in [0.25, 0.3) is 0 Å². The monoisotopic (exact) mass is 470 g/mol. The third kappa shape index (κ3) is 4.89. The molecular formula is C23H22N2O5S2.